The number of hydrogen-bond acceptors (Lipinski definition) is 4. The highest BCUT2D eigenvalue weighted by atomic mass is 19.1. The lowest BCUT2D eigenvalue weighted by molar-refractivity contribution is 0.0112. The summed E-state index contributed by atoms with van der Waals surface area (Å²) in [5.41, 5.74) is 0.641. The van der Waals surface area contributed by atoms with E-state index in [1.165, 1.54) is 19.2 Å². The molecule has 1 atom stereocenters. The first kappa shape index (κ1) is 14.7. The van der Waals surface area contributed by atoms with Crippen LogP contribution in [0.5, 0.6) is 5.75 Å². The van der Waals surface area contributed by atoms with Gasteiger partial charge in [0.15, 0.2) is 0 Å². The molecular weight excluding hydrogens is 237 g/mol. The normalized spacial score (nSPS) is 12.6. The number of aliphatic hydroxyl groups is 1. The van der Waals surface area contributed by atoms with Crippen molar-refractivity contribution in [1.29, 1.82) is 0 Å². The molecule has 0 fully saturated rings. The summed E-state index contributed by atoms with van der Waals surface area (Å²) in [6.07, 6.45) is -0.540. The van der Waals surface area contributed by atoms with Crippen molar-refractivity contribution in [3.63, 3.8) is 0 Å². The summed E-state index contributed by atoms with van der Waals surface area (Å²) in [7, 11) is 1.47. The summed E-state index contributed by atoms with van der Waals surface area (Å²) in [5, 5.41) is 12.7. The molecule has 0 aliphatic carbocycles. The number of aliphatic hydroxyl groups excluding tert-OH is 1. The molecule has 2 N–H and O–H groups in total. The Kier molecular flexibility index (Phi) is 5.88. The predicted octanol–water partition coefficient (Wildman–Crippen LogP) is 2.03. The summed E-state index contributed by atoms with van der Waals surface area (Å²) < 4.78 is 23.3. The van der Waals surface area contributed by atoms with Crippen molar-refractivity contribution in [2.45, 2.75) is 26.1 Å². The van der Waals surface area contributed by atoms with Crippen molar-refractivity contribution in [3.8, 4) is 5.75 Å². The fraction of sp³-hybridized carbons (Fsp3) is 0.538. The molecular formula is C13H20FNO3. The Morgan fingerprint density at radius 1 is 1.39 bits per heavy atom. The summed E-state index contributed by atoms with van der Waals surface area (Å²) in [5.74, 6) is 0.0491. The van der Waals surface area contributed by atoms with Gasteiger partial charge in [-0.1, -0.05) is 0 Å². The van der Waals surface area contributed by atoms with Crippen LogP contribution in [0.3, 0.4) is 0 Å². The Morgan fingerprint density at radius 3 is 2.72 bits per heavy atom. The lowest BCUT2D eigenvalue weighted by Gasteiger charge is -2.16. The Labute approximate surface area is 107 Å². The van der Waals surface area contributed by atoms with E-state index in [2.05, 4.69) is 5.32 Å². The van der Waals surface area contributed by atoms with Gasteiger partial charge < -0.3 is 19.9 Å². The van der Waals surface area contributed by atoms with E-state index >= 15 is 0 Å². The van der Waals surface area contributed by atoms with E-state index in [1.54, 1.807) is 6.07 Å². The standard InChI is InChI=1S/C13H20FNO3/c1-9(2)18-8-11(16)7-15-12-5-4-10(14)6-13(12)17-3/h4-6,9,11,15-16H,7-8H2,1-3H3. The quantitative estimate of drug-likeness (QED) is 0.784. The van der Waals surface area contributed by atoms with E-state index in [1.807, 2.05) is 13.8 Å². The van der Waals surface area contributed by atoms with Crippen LogP contribution in [0.15, 0.2) is 18.2 Å². The van der Waals surface area contributed by atoms with Crippen molar-refractivity contribution in [1.82, 2.24) is 0 Å². The second kappa shape index (κ2) is 7.18. The number of anilines is 1. The molecule has 0 spiro atoms. The van der Waals surface area contributed by atoms with E-state index < -0.39 is 6.10 Å². The molecule has 1 aromatic carbocycles. The van der Waals surface area contributed by atoms with Gasteiger partial charge in [-0.2, -0.15) is 0 Å². The van der Waals surface area contributed by atoms with Crippen molar-refractivity contribution in [2.24, 2.45) is 0 Å². The van der Waals surface area contributed by atoms with Gasteiger partial charge >= 0.3 is 0 Å². The zero-order chi connectivity index (χ0) is 13.5. The molecule has 0 radical (unpaired) electrons. The number of hydrogen-bond donors (Lipinski definition) is 2. The fourth-order valence-electron chi connectivity index (χ4n) is 1.40. The van der Waals surface area contributed by atoms with E-state index in [4.69, 9.17) is 9.47 Å². The van der Waals surface area contributed by atoms with Crippen LogP contribution < -0.4 is 10.1 Å². The average Bonchev–Trinajstić information content (AvgIpc) is 2.34. The van der Waals surface area contributed by atoms with Gasteiger partial charge in [0, 0.05) is 12.6 Å². The smallest absolute Gasteiger partial charge is 0.144 e. The lowest BCUT2D eigenvalue weighted by atomic mass is 10.2. The highest BCUT2D eigenvalue weighted by Crippen LogP contribution is 2.24. The van der Waals surface area contributed by atoms with Crippen molar-refractivity contribution in [3.05, 3.63) is 24.0 Å². The van der Waals surface area contributed by atoms with Gasteiger partial charge in [0.05, 0.1) is 31.6 Å². The number of benzene rings is 1. The van der Waals surface area contributed by atoms with Crippen molar-refractivity contribution >= 4 is 5.69 Å². The number of nitrogens with one attached hydrogen (secondary N) is 1. The van der Waals surface area contributed by atoms with Gasteiger partial charge in [-0.15, -0.1) is 0 Å². The van der Waals surface area contributed by atoms with Gasteiger partial charge in [-0.25, -0.2) is 4.39 Å². The second-order valence-electron chi connectivity index (χ2n) is 4.26. The van der Waals surface area contributed by atoms with Crippen LogP contribution in [0.2, 0.25) is 0 Å². The molecule has 0 aromatic heterocycles. The molecule has 1 unspecified atom stereocenters. The van der Waals surface area contributed by atoms with Crippen LogP contribution in [0.4, 0.5) is 10.1 Å². The van der Waals surface area contributed by atoms with Crippen LogP contribution in [-0.4, -0.2) is 37.6 Å². The van der Waals surface area contributed by atoms with Gasteiger partial charge in [-0.3, -0.25) is 0 Å². The molecule has 0 heterocycles. The van der Waals surface area contributed by atoms with Gasteiger partial charge in [-0.05, 0) is 26.0 Å². The Hall–Kier alpha value is -1.33. The summed E-state index contributed by atoms with van der Waals surface area (Å²) >= 11 is 0. The molecule has 0 saturated heterocycles. The maximum Gasteiger partial charge on any atom is 0.144 e. The molecule has 102 valence electrons. The third-order valence-corrected chi connectivity index (χ3v) is 2.31. The molecule has 0 amide bonds. The van der Waals surface area contributed by atoms with Gasteiger partial charge in [0.25, 0.3) is 0 Å². The van der Waals surface area contributed by atoms with Crippen LogP contribution in [-0.2, 0) is 4.74 Å². The van der Waals surface area contributed by atoms with Crippen LogP contribution in [0.1, 0.15) is 13.8 Å². The minimum atomic E-state index is -0.623. The molecule has 0 aliphatic heterocycles. The van der Waals surface area contributed by atoms with Crippen molar-refractivity contribution in [2.75, 3.05) is 25.6 Å². The number of rotatable bonds is 7. The zero-order valence-corrected chi connectivity index (χ0v) is 10.9. The topological polar surface area (TPSA) is 50.7 Å². The Bertz CT molecular complexity index is 371. The average molecular weight is 257 g/mol. The second-order valence-corrected chi connectivity index (χ2v) is 4.26. The van der Waals surface area contributed by atoms with E-state index in [9.17, 15) is 9.50 Å². The van der Waals surface area contributed by atoms with E-state index in [-0.39, 0.29) is 18.5 Å². The van der Waals surface area contributed by atoms with E-state index in [0.717, 1.165) is 0 Å². The maximum absolute atomic E-state index is 13.0. The third-order valence-electron chi connectivity index (χ3n) is 2.31. The number of methoxy groups -OCH3 is 1. The molecule has 0 saturated carbocycles. The SMILES string of the molecule is COc1cc(F)ccc1NCC(O)COC(C)C. The van der Waals surface area contributed by atoms with Gasteiger partial charge in [0.2, 0.25) is 0 Å². The molecule has 1 rings (SSSR count). The first-order valence-electron chi connectivity index (χ1n) is 5.90. The molecule has 0 aliphatic rings. The molecule has 1 aromatic rings. The summed E-state index contributed by atoms with van der Waals surface area (Å²) in [4.78, 5) is 0. The largest absolute Gasteiger partial charge is 0.494 e. The Morgan fingerprint density at radius 2 is 2.11 bits per heavy atom. The molecule has 4 nitrogen and oxygen atoms in total. The van der Waals surface area contributed by atoms with Crippen LogP contribution in [0.25, 0.3) is 0 Å². The minimum absolute atomic E-state index is 0.0833. The number of ether oxygens (including phenoxy) is 2. The summed E-state index contributed by atoms with van der Waals surface area (Å²) in [6.45, 7) is 4.38. The van der Waals surface area contributed by atoms with Gasteiger partial charge in [0.1, 0.15) is 11.6 Å². The lowest BCUT2D eigenvalue weighted by Crippen LogP contribution is -2.26. The highest BCUT2D eigenvalue weighted by Gasteiger charge is 2.08. The highest BCUT2D eigenvalue weighted by molar-refractivity contribution is 5.56. The maximum atomic E-state index is 13.0. The van der Waals surface area contributed by atoms with E-state index in [0.29, 0.717) is 18.0 Å². The first-order chi connectivity index (χ1) is 8.52. The first-order valence-corrected chi connectivity index (χ1v) is 5.90. The monoisotopic (exact) mass is 257 g/mol. The summed E-state index contributed by atoms with van der Waals surface area (Å²) in [6, 6.07) is 4.20. The van der Waals surface area contributed by atoms with Crippen LogP contribution in [0, 0.1) is 5.82 Å². The molecule has 0 bridgehead atoms. The van der Waals surface area contributed by atoms with Crippen molar-refractivity contribution < 1.29 is 19.0 Å². The third kappa shape index (κ3) is 4.89. The zero-order valence-electron chi connectivity index (χ0n) is 10.9. The molecule has 5 heteroatoms. The predicted molar refractivity (Wildman–Crippen MR) is 68.5 cm³/mol. The fourth-order valence-corrected chi connectivity index (χ4v) is 1.40. The Balaban J connectivity index is 2.47. The molecule has 18 heavy (non-hydrogen) atoms. The number of halogens is 1. The minimum Gasteiger partial charge on any atom is -0.494 e. The van der Waals surface area contributed by atoms with Crippen LogP contribution >= 0.6 is 0 Å².